The van der Waals surface area contributed by atoms with Gasteiger partial charge in [0.1, 0.15) is 18.2 Å². The van der Waals surface area contributed by atoms with E-state index >= 15 is 0 Å². The molecule has 0 saturated heterocycles. The predicted octanol–water partition coefficient (Wildman–Crippen LogP) is 4.68. The number of hydrogen-bond acceptors (Lipinski definition) is 5. The number of nitrogens with zero attached hydrogens (tertiary/aromatic N) is 2. The summed E-state index contributed by atoms with van der Waals surface area (Å²) in [6.45, 7) is 0.298. The van der Waals surface area contributed by atoms with Gasteiger partial charge in [0.2, 0.25) is 0 Å². The van der Waals surface area contributed by atoms with Crippen molar-refractivity contribution >= 4 is 15.8 Å². The first-order valence-corrected chi connectivity index (χ1v) is 12.9. The summed E-state index contributed by atoms with van der Waals surface area (Å²) in [5.74, 6) is 0.0701. The van der Waals surface area contributed by atoms with Crippen molar-refractivity contribution in [2.75, 3.05) is 6.26 Å². The van der Waals surface area contributed by atoms with Crippen LogP contribution in [0.5, 0.6) is 5.75 Å². The number of aromatic nitrogens is 2. The summed E-state index contributed by atoms with van der Waals surface area (Å²) >= 11 is 0. The van der Waals surface area contributed by atoms with Crippen molar-refractivity contribution in [3.8, 4) is 16.9 Å². The van der Waals surface area contributed by atoms with E-state index in [-0.39, 0.29) is 17.2 Å². The summed E-state index contributed by atoms with van der Waals surface area (Å²) in [6.07, 6.45) is 4.60. The van der Waals surface area contributed by atoms with E-state index in [1.807, 2.05) is 66.2 Å². The molecule has 35 heavy (non-hydrogen) atoms. The van der Waals surface area contributed by atoms with E-state index in [1.165, 1.54) is 6.26 Å². The third kappa shape index (κ3) is 5.78. The molecule has 0 radical (unpaired) electrons. The Balaban J connectivity index is 1.51. The topological polar surface area (TPSA) is 98.5 Å². The predicted molar refractivity (Wildman–Crippen MR) is 133 cm³/mol. The van der Waals surface area contributed by atoms with Crippen LogP contribution in [0.15, 0.2) is 90.1 Å². The van der Waals surface area contributed by atoms with Gasteiger partial charge in [0.05, 0.1) is 17.2 Å². The van der Waals surface area contributed by atoms with Gasteiger partial charge in [0, 0.05) is 31.3 Å². The molecule has 180 valence electrons. The number of rotatable bonds is 9. The fraction of sp³-hybridized carbons (Fsp3) is 0.185. The first-order chi connectivity index (χ1) is 16.7. The van der Waals surface area contributed by atoms with Crippen LogP contribution in [0, 0.1) is 0 Å². The number of aryl methyl sites for hydroxylation is 1. The third-order valence-corrected chi connectivity index (χ3v) is 6.92. The van der Waals surface area contributed by atoms with Crippen molar-refractivity contribution in [3.05, 3.63) is 102 Å². The van der Waals surface area contributed by atoms with Crippen molar-refractivity contribution in [2.45, 2.75) is 23.8 Å². The molecule has 0 aliphatic rings. The van der Waals surface area contributed by atoms with Crippen LogP contribution < -0.4 is 4.74 Å². The molecule has 0 unspecified atom stereocenters. The molecule has 3 aromatic carbocycles. The molecule has 8 heteroatoms. The molecule has 1 heterocycles. The lowest BCUT2D eigenvalue weighted by Gasteiger charge is -2.16. The molecule has 0 amide bonds. The number of aliphatic carboxylic acids is 1. The zero-order chi connectivity index (χ0) is 25.0. The molecule has 0 aliphatic carbocycles. The number of carbonyl (C=O) groups is 1. The number of sulfone groups is 1. The van der Waals surface area contributed by atoms with E-state index in [0.29, 0.717) is 23.7 Å². The van der Waals surface area contributed by atoms with Crippen LogP contribution in [0.25, 0.3) is 11.1 Å². The Bertz CT molecular complexity index is 1440. The van der Waals surface area contributed by atoms with E-state index in [0.717, 1.165) is 16.7 Å². The fourth-order valence-electron chi connectivity index (χ4n) is 4.07. The summed E-state index contributed by atoms with van der Waals surface area (Å²) in [5.41, 5.74) is 3.19. The van der Waals surface area contributed by atoms with Gasteiger partial charge in [0.15, 0.2) is 9.84 Å². The third-order valence-electron chi connectivity index (χ3n) is 5.76. The van der Waals surface area contributed by atoms with Gasteiger partial charge in [-0.2, -0.15) is 0 Å². The number of imidazole rings is 1. The van der Waals surface area contributed by atoms with Crippen LogP contribution in [0.4, 0.5) is 0 Å². The standard InChI is InChI=1S/C27H26N2O5S/c1-29-15-14-28-27(29)24(17-26(30)31)20-10-12-22(13-11-20)34-18-19-6-5-7-21(16-19)23-8-3-4-9-25(23)35(2,32)33/h3-16,24H,17-18H2,1-2H3,(H,30,31)/t24-/m0/s1. The Morgan fingerprint density at radius 2 is 1.80 bits per heavy atom. The van der Waals surface area contributed by atoms with Gasteiger partial charge in [0.25, 0.3) is 0 Å². The molecule has 4 aromatic rings. The van der Waals surface area contributed by atoms with Crippen molar-refractivity contribution in [1.82, 2.24) is 9.55 Å². The minimum atomic E-state index is -3.36. The SMILES string of the molecule is Cn1ccnc1[C@@H](CC(=O)O)c1ccc(OCc2cccc(-c3ccccc3S(C)(=O)=O)c2)cc1. The maximum atomic E-state index is 12.2. The highest BCUT2D eigenvalue weighted by molar-refractivity contribution is 7.90. The molecular weight excluding hydrogens is 464 g/mol. The lowest BCUT2D eigenvalue weighted by molar-refractivity contribution is -0.137. The zero-order valence-electron chi connectivity index (χ0n) is 19.5. The van der Waals surface area contributed by atoms with Gasteiger partial charge in [-0.15, -0.1) is 0 Å². The average molecular weight is 491 g/mol. The molecule has 0 aliphatic heterocycles. The summed E-state index contributed by atoms with van der Waals surface area (Å²) in [6, 6.07) is 21.9. The lowest BCUT2D eigenvalue weighted by Crippen LogP contribution is -2.12. The van der Waals surface area contributed by atoms with Crippen molar-refractivity contribution in [3.63, 3.8) is 0 Å². The van der Waals surface area contributed by atoms with Crippen LogP contribution in [-0.2, 0) is 28.3 Å². The van der Waals surface area contributed by atoms with Gasteiger partial charge >= 0.3 is 5.97 Å². The smallest absolute Gasteiger partial charge is 0.304 e. The van der Waals surface area contributed by atoms with Crippen LogP contribution in [-0.4, -0.2) is 35.3 Å². The highest BCUT2D eigenvalue weighted by Gasteiger charge is 2.21. The molecule has 0 bridgehead atoms. The minimum absolute atomic E-state index is 0.0627. The van der Waals surface area contributed by atoms with Gasteiger partial charge in [-0.3, -0.25) is 4.79 Å². The normalized spacial score (nSPS) is 12.3. The molecule has 1 aromatic heterocycles. The molecule has 0 spiro atoms. The van der Waals surface area contributed by atoms with E-state index in [1.54, 1.807) is 30.6 Å². The highest BCUT2D eigenvalue weighted by atomic mass is 32.2. The van der Waals surface area contributed by atoms with Crippen molar-refractivity contribution in [2.24, 2.45) is 7.05 Å². The minimum Gasteiger partial charge on any atom is -0.489 e. The number of carboxylic acid groups (broad SMARTS) is 1. The van der Waals surface area contributed by atoms with Crippen LogP contribution in [0.1, 0.15) is 29.3 Å². The van der Waals surface area contributed by atoms with Crippen LogP contribution >= 0.6 is 0 Å². The maximum absolute atomic E-state index is 12.2. The zero-order valence-corrected chi connectivity index (χ0v) is 20.3. The Morgan fingerprint density at radius 1 is 1.06 bits per heavy atom. The molecular formula is C27H26N2O5S. The average Bonchev–Trinajstić information content (AvgIpc) is 3.26. The maximum Gasteiger partial charge on any atom is 0.304 e. The van der Waals surface area contributed by atoms with Gasteiger partial charge in [-0.1, -0.05) is 48.5 Å². The van der Waals surface area contributed by atoms with E-state index in [9.17, 15) is 18.3 Å². The largest absolute Gasteiger partial charge is 0.489 e. The van der Waals surface area contributed by atoms with Crippen molar-refractivity contribution in [1.29, 1.82) is 0 Å². The Morgan fingerprint density at radius 3 is 2.46 bits per heavy atom. The van der Waals surface area contributed by atoms with E-state index in [2.05, 4.69) is 4.98 Å². The number of benzene rings is 3. The summed E-state index contributed by atoms with van der Waals surface area (Å²) in [7, 11) is -1.52. The number of carboxylic acids is 1. The van der Waals surface area contributed by atoms with Crippen LogP contribution in [0.2, 0.25) is 0 Å². The monoisotopic (exact) mass is 490 g/mol. The molecule has 0 fully saturated rings. The highest BCUT2D eigenvalue weighted by Crippen LogP contribution is 2.30. The van der Waals surface area contributed by atoms with Crippen LogP contribution in [0.3, 0.4) is 0 Å². The molecule has 7 nitrogen and oxygen atoms in total. The fourth-order valence-corrected chi connectivity index (χ4v) is 4.98. The Labute approximate surface area is 204 Å². The molecule has 0 saturated carbocycles. The first kappa shape index (κ1) is 24.2. The second-order valence-corrected chi connectivity index (χ2v) is 10.4. The summed E-state index contributed by atoms with van der Waals surface area (Å²) in [4.78, 5) is 16.0. The Kier molecular flexibility index (Phi) is 7.02. The summed E-state index contributed by atoms with van der Waals surface area (Å²) < 4.78 is 32.2. The summed E-state index contributed by atoms with van der Waals surface area (Å²) in [5, 5.41) is 9.37. The van der Waals surface area contributed by atoms with Crippen molar-refractivity contribution < 1.29 is 23.1 Å². The molecule has 1 N–H and O–H groups in total. The first-order valence-electron chi connectivity index (χ1n) is 11.0. The van der Waals surface area contributed by atoms with E-state index < -0.39 is 15.8 Å². The lowest BCUT2D eigenvalue weighted by atomic mass is 9.94. The second kappa shape index (κ2) is 10.1. The second-order valence-electron chi connectivity index (χ2n) is 8.37. The van der Waals surface area contributed by atoms with Gasteiger partial charge < -0.3 is 14.4 Å². The van der Waals surface area contributed by atoms with E-state index in [4.69, 9.17) is 4.74 Å². The number of hydrogen-bond donors (Lipinski definition) is 1. The quantitative estimate of drug-likeness (QED) is 0.366. The Hall–Kier alpha value is -3.91. The van der Waals surface area contributed by atoms with Gasteiger partial charge in [-0.25, -0.2) is 13.4 Å². The van der Waals surface area contributed by atoms with Gasteiger partial charge in [-0.05, 0) is 41.0 Å². The number of ether oxygens (including phenoxy) is 1. The molecule has 4 rings (SSSR count). The molecule has 1 atom stereocenters.